The molecule has 1 aliphatic heterocycles. The number of nitrogens with one attached hydrogen (secondary N) is 2. The summed E-state index contributed by atoms with van der Waals surface area (Å²) in [6.45, 7) is 6.08. The maximum Gasteiger partial charge on any atom is 0.323 e. The second-order valence-electron chi connectivity index (χ2n) is 9.02. The van der Waals surface area contributed by atoms with Crippen LogP contribution in [0.5, 0.6) is 0 Å². The molecule has 184 valence electrons. The Balaban J connectivity index is 1.36. The molecule has 0 bridgehead atoms. The molecule has 1 aromatic heterocycles. The van der Waals surface area contributed by atoms with Crippen LogP contribution in [0.4, 0.5) is 16.2 Å². The van der Waals surface area contributed by atoms with Crippen LogP contribution in [0.25, 0.3) is 21.9 Å². The molecule has 2 heterocycles. The number of aryl methyl sites for hydroxylation is 1. The van der Waals surface area contributed by atoms with Crippen LogP contribution in [0.3, 0.4) is 0 Å². The Morgan fingerprint density at radius 3 is 2.50 bits per heavy atom. The van der Waals surface area contributed by atoms with E-state index in [1.54, 1.807) is 6.07 Å². The van der Waals surface area contributed by atoms with Crippen molar-refractivity contribution in [3.63, 3.8) is 0 Å². The van der Waals surface area contributed by atoms with E-state index in [9.17, 15) is 9.90 Å². The van der Waals surface area contributed by atoms with Crippen molar-refractivity contribution < 1.29 is 14.6 Å². The molecular formula is C29H30N4O3. The fraction of sp³-hybridized carbons (Fsp3) is 0.241. The molecular weight excluding hydrogens is 452 g/mol. The fourth-order valence-electron chi connectivity index (χ4n) is 4.50. The number of carbonyl (C=O) groups excluding carboxylic acids is 1. The number of pyridine rings is 1. The molecule has 1 aliphatic rings. The number of hydrogen-bond donors (Lipinski definition) is 3. The Kier molecular flexibility index (Phi) is 7.23. The Morgan fingerprint density at radius 1 is 0.972 bits per heavy atom. The average Bonchev–Trinajstić information content (AvgIpc) is 2.91. The van der Waals surface area contributed by atoms with E-state index in [1.807, 2.05) is 55.6 Å². The van der Waals surface area contributed by atoms with Crippen molar-refractivity contribution in [2.75, 3.05) is 36.9 Å². The molecule has 1 fully saturated rings. The van der Waals surface area contributed by atoms with Crippen molar-refractivity contribution in [2.24, 2.45) is 0 Å². The van der Waals surface area contributed by atoms with E-state index < -0.39 is 0 Å². The van der Waals surface area contributed by atoms with Gasteiger partial charge in [0, 0.05) is 42.5 Å². The number of carbonyl (C=O) groups is 1. The summed E-state index contributed by atoms with van der Waals surface area (Å²) in [4.78, 5) is 19.9. The number of fused-ring (bicyclic) bond motifs is 1. The van der Waals surface area contributed by atoms with E-state index in [1.165, 1.54) is 0 Å². The third-order valence-corrected chi connectivity index (χ3v) is 6.53. The second kappa shape index (κ2) is 10.9. The highest BCUT2D eigenvalue weighted by atomic mass is 16.5. The molecule has 0 aliphatic carbocycles. The van der Waals surface area contributed by atoms with Gasteiger partial charge in [0.05, 0.1) is 31.2 Å². The lowest BCUT2D eigenvalue weighted by atomic mass is 9.98. The predicted molar refractivity (Wildman–Crippen MR) is 143 cm³/mol. The monoisotopic (exact) mass is 482 g/mol. The Hall–Kier alpha value is -3.78. The number of morpholine rings is 1. The molecule has 0 spiro atoms. The largest absolute Gasteiger partial charge is 0.392 e. The van der Waals surface area contributed by atoms with Crippen molar-refractivity contribution in [3.05, 3.63) is 89.7 Å². The van der Waals surface area contributed by atoms with Gasteiger partial charge in [-0.2, -0.15) is 0 Å². The Labute approximate surface area is 210 Å². The van der Waals surface area contributed by atoms with Crippen LogP contribution < -0.4 is 10.6 Å². The van der Waals surface area contributed by atoms with Crippen LogP contribution in [0.1, 0.15) is 16.8 Å². The average molecular weight is 483 g/mol. The molecule has 0 unspecified atom stereocenters. The minimum Gasteiger partial charge on any atom is -0.392 e. The van der Waals surface area contributed by atoms with E-state index >= 15 is 0 Å². The first kappa shape index (κ1) is 23.9. The topological polar surface area (TPSA) is 86.7 Å². The third kappa shape index (κ3) is 5.39. The highest BCUT2D eigenvalue weighted by Gasteiger charge is 2.14. The van der Waals surface area contributed by atoms with Gasteiger partial charge in [0.15, 0.2) is 0 Å². The maximum absolute atomic E-state index is 12.8. The maximum atomic E-state index is 12.8. The van der Waals surface area contributed by atoms with Crippen LogP contribution in [0, 0.1) is 6.92 Å². The van der Waals surface area contributed by atoms with Crippen molar-refractivity contribution in [1.82, 2.24) is 9.88 Å². The lowest BCUT2D eigenvalue weighted by Crippen LogP contribution is -2.35. The molecule has 5 rings (SSSR count). The van der Waals surface area contributed by atoms with Crippen LogP contribution in [-0.2, 0) is 17.9 Å². The lowest BCUT2D eigenvalue weighted by Gasteiger charge is -2.26. The van der Waals surface area contributed by atoms with Gasteiger partial charge >= 0.3 is 6.03 Å². The summed E-state index contributed by atoms with van der Waals surface area (Å²) in [5.41, 5.74) is 6.20. The molecule has 7 heteroatoms. The van der Waals surface area contributed by atoms with Gasteiger partial charge in [-0.15, -0.1) is 0 Å². The molecule has 4 aromatic rings. The number of urea groups is 1. The second-order valence-corrected chi connectivity index (χ2v) is 9.02. The number of hydrogen-bond acceptors (Lipinski definition) is 5. The summed E-state index contributed by atoms with van der Waals surface area (Å²) in [7, 11) is 0. The molecule has 7 nitrogen and oxygen atoms in total. The number of amides is 2. The molecule has 0 radical (unpaired) electrons. The summed E-state index contributed by atoms with van der Waals surface area (Å²) in [5, 5.41) is 17.3. The molecule has 3 aromatic carbocycles. The predicted octanol–water partition coefficient (Wildman–Crippen LogP) is 5.18. The highest BCUT2D eigenvalue weighted by molar-refractivity contribution is 6.09. The number of aliphatic hydroxyl groups excluding tert-OH is 1. The van der Waals surface area contributed by atoms with Crippen molar-refractivity contribution in [1.29, 1.82) is 0 Å². The first-order valence-corrected chi connectivity index (χ1v) is 12.2. The van der Waals surface area contributed by atoms with Crippen molar-refractivity contribution in [2.45, 2.75) is 20.1 Å². The van der Waals surface area contributed by atoms with Crippen molar-refractivity contribution in [3.8, 4) is 11.1 Å². The number of aliphatic hydroxyl groups is 1. The number of nitrogens with zero attached hydrogens (tertiary/aromatic N) is 2. The molecule has 2 amide bonds. The van der Waals surface area contributed by atoms with Crippen LogP contribution in [0.2, 0.25) is 0 Å². The zero-order valence-electron chi connectivity index (χ0n) is 20.3. The van der Waals surface area contributed by atoms with E-state index in [0.717, 1.165) is 77.3 Å². The summed E-state index contributed by atoms with van der Waals surface area (Å²) in [6, 6.07) is 21.4. The van der Waals surface area contributed by atoms with Gasteiger partial charge in [-0.05, 0) is 47.2 Å². The van der Waals surface area contributed by atoms with E-state index in [-0.39, 0.29) is 12.6 Å². The van der Waals surface area contributed by atoms with Crippen LogP contribution in [0.15, 0.2) is 72.9 Å². The lowest BCUT2D eigenvalue weighted by molar-refractivity contribution is 0.0336. The van der Waals surface area contributed by atoms with Gasteiger partial charge in [-0.1, -0.05) is 48.5 Å². The van der Waals surface area contributed by atoms with Gasteiger partial charge in [0.25, 0.3) is 0 Å². The Morgan fingerprint density at radius 2 is 1.75 bits per heavy atom. The number of anilines is 2. The van der Waals surface area contributed by atoms with Gasteiger partial charge in [-0.3, -0.25) is 9.88 Å². The Bertz CT molecular complexity index is 1370. The number of ether oxygens (including phenoxy) is 1. The number of rotatable bonds is 6. The zero-order chi connectivity index (χ0) is 24.9. The summed E-state index contributed by atoms with van der Waals surface area (Å²) in [5.74, 6) is 0. The van der Waals surface area contributed by atoms with E-state index in [0.29, 0.717) is 5.69 Å². The van der Waals surface area contributed by atoms with Gasteiger partial charge in [0.1, 0.15) is 0 Å². The first-order chi connectivity index (χ1) is 17.6. The first-order valence-electron chi connectivity index (χ1n) is 12.2. The van der Waals surface area contributed by atoms with Gasteiger partial charge in [-0.25, -0.2) is 4.79 Å². The van der Waals surface area contributed by atoms with Crippen LogP contribution in [-0.4, -0.2) is 47.3 Å². The quantitative estimate of drug-likeness (QED) is 0.353. The number of benzene rings is 3. The van der Waals surface area contributed by atoms with Crippen LogP contribution >= 0.6 is 0 Å². The van der Waals surface area contributed by atoms with Gasteiger partial charge < -0.3 is 20.5 Å². The molecule has 1 saturated heterocycles. The normalized spacial score (nSPS) is 14.1. The highest BCUT2D eigenvalue weighted by Crippen LogP contribution is 2.33. The van der Waals surface area contributed by atoms with Crippen molar-refractivity contribution >= 4 is 28.2 Å². The van der Waals surface area contributed by atoms with E-state index in [4.69, 9.17) is 9.72 Å². The minimum atomic E-state index is -0.333. The zero-order valence-corrected chi connectivity index (χ0v) is 20.3. The summed E-state index contributed by atoms with van der Waals surface area (Å²) >= 11 is 0. The minimum absolute atomic E-state index is 0.0776. The third-order valence-electron chi connectivity index (χ3n) is 6.53. The van der Waals surface area contributed by atoms with E-state index in [2.05, 4.69) is 33.7 Å². The molecule has 3 N–H and O–H groups in total. The van der Waals surface area contributed by atoms with Gasteiger partial charge in [0.2, 0.25) is 0 Å². The smallest absolute Gasteiger partial charge is 0.323 e. The number of aromatic nitrogens is 1. The standard InChI is InChI=1S/C29H30N4O3/c1-20-6-7-21(19-34)16-28(20)32-29(35)31-27-11-10-24(25-4-2-3-5-26(25)27)22-8-9-23(30-17-22)18-33-12-14-36-15-13-33/h2-11,16-17,34H,12-15,18-19H2,1H3,(H2,31,32,35). The molecule has 36 heavy (non-hydrogen) atoms. The molecule has 0 atom stereocenters. The fourth-order valence-corrected chi connectivity index (χ4v) is 4.50. The summed E-state index contributed by atoms with van der Waals surface area (Å²) in [6.07, 6.45) is 1.92. The SMILES string of the molecule is Cc1ccc(CO)cc1NC(=O)Nc1ccc(-c2ccc(CN3CCOCC3)nc2)c2ccccc12. The summed E-state index contributed by atoms with van der Waals surface area (Å²) < 4.78 is 5.43. The molecule has 0 saturated carbocycles.